The van der Waals surface area contributed by atoms with Crippen LogP contribution in [0.3, 0.4) is 0 Å². The third-order valence-electron chi connectivity index (χ3n) is 10.8. The van der Waals surface area contributed by atoms with Crippen LogP contribution >= 0.6 is 0 Å². The zero-order chi connectivity index (χ0) is 68.3. The molecular weight excluding hydrogens is 1120 g/mol. The van der Waals surface area contributed by atoms with Gasteiger partial charge in [0.2, 0.25) is 0 Å². The van der Waals surface area contributed by atoms with E-state index in [9.17, 15) is 42.7 Å². The van der Waals surface area contributed by atoms with E-state index in [1.54, 1.807) is 111 Å². The maximum Gasteiger partial charge on any atom is 0.410 e. The quantitative estimate of drug-likeness (QED) is 0.0608. The Morgan fingerprint density at radius 3 is 1.07 bits per heavy atom. The summed E-state index contributed by atoms with van der Waals surface area (Å²) in [6.45, 7) is 34.0. The van der Waals surface area contributed by atoms with Crippen molar-refractivity contribution in [3.63, 3.8) is 0 Å². The number of nitrogens with one attached hydrogen (secondary N) is 3. The third-order valence-corrected chi connectivity index (χ3v) is 10.8. The van der Waals surface area contributed by atoms with Crippen molar-refractivity contribution in [2.24, 2.45) is 5.73 Å². The van der Waals surface area contributed by atoms with Crippen molar-refractivity contribution < 1.29 is 87.5 Å². The Hall–Kier alpha value is -7.37. The van der Waals surface area contributed by atoms with E-state index in [1.165, 1.54) is 52.5 Å². The number of alkyl carbamates (subject to hydrolysis) is 2. The minimum Gasteiger partial charge on any atom is -0.480 e. The molecular formula is C63H102FN5O17. The molecule has 3 aromatic carbocycles. The number of esters is 3. The van der Waals surface area contributed by atoms with E-state index in [1.807, 2.05) is 91.0 Å². The number of likely N-dealkylation sites (N-methyl/N-ethyl adjacent to an activating group) is 2. The van der Waals surface area contributed by atoms with Crippen LogP contribution in [0.25, 0.3) is 0 Å². The lowest BCUT2D eigenvalue weighted by atomic mass is 10.0. The van der Waals surface area contributed by atoms with Gasteiger partial charge in [0.1, 0.15) is 64.3 Å². The first-order valence-electron chi connectivity index (χ1n) is 28.3. The topological polar surface area (TPSA) is 307 Å². The van der Waals surface area contributed by atoms with E-state index >= 15 is 0 Å². The number of rotatable bonds is 15. The van der Waals surface area contributed by atoms with E-state index in [2.05, 4.69) is 16.0 Å². The van der Waals surface area contributed by atoms with E-state index in [0.29, 0.717) is 6.61 Å². The zero-order valence-electron chi connectivity index (χ0n) is 55.7. The van der Waals surface area contributed by atoms with E-state index < -0.39 is 93.8 Å². The van der Waals surface area contributed by atoms with Crippen LogP contribution in [-0.4, -0.2) is 142 Å². The number of amides is 3. The Labute approximate surface area is 511 Å². The predicted molar refractivity (Wildman–Crippen MR) is 327 cm³/mol. The number of hydrogen-bond acceptors (Lipinski definition) is 17. The lowest BCUT2D eigenvalue weighted by Gasteiger charge is -2.34. The van der Waals surface area contributed by atoms with Crippen molar-refractivity contribution >= 4 is 48.1 Å². The second-order valence-corrected chi connectivity index (χ2v) is 24.8. The summed E-state index contributed by atoms with van der Waals surface area (Å²) in [5, 5.41) is 24.5. The molecule has 0 radical (unpaired) electrons. The molecule has 1 aliphatic rings. The molecule has 3 amide bonds. The van der Waals surface area contributed by atoms with Gasteiger partial charge in [-0.25, -0.2) is 28.8 Å². The lowest BCUT2D eigenvalue weighted by molar-refractivity contribution is -0.156. The normalized spacial score (nSPS) is 12.3. The number of alkyl halides is 1. The Balaban J connectivity index is -0.00000101. The van der Waals surface area contributed by atoms with Gasteiger partial charge in [-0.05, 0) is 168 Å². The van der Waals surface area contributed by atoms with Crippen molar-refractivity contribution in [1.29, 1.82) is 0 Å². The molecule has 23 heteroatoms. The zero-order valence-corrected chi connectivity index (χ0v) is 54.7. The number of nitrogens with zero attached hydrogens (tertiary/aromatic N) is 1. The number of aliphatic carboxylic acids is 2. The molecule has 0 atom stereocenters. The molecule has 22 nitrogen and oxygen atoms in total. The molecule has 1 aliphatic heterocycles. The average molecular weight is 1220 g/mol. The van der Waals surface area contributed by atoms with Gasteiger partial charge < -0.3 is 65.1 Å². The maximum atomic E-state index is 12.3. The Morgan fingerprint density at radius 2 is 0.814 bits per heavy atom. The minimum absolute atomic E-state index is 0.166. The molecule has 0 spiro atoms. The van der Waals surface area contributed by atoms with Crippen molar-refractivity contribution in [3.8, 4) is 0 Å². The summed E-state index contributed by atoms with van der Waals surface area (Å²) in [6.07, 6.45) is 0.614. The minimum atomic E-state index is -1.32. The molecule has 0 saturated carbocycles. The Bertz CT molecular complexity index is 2500. The van der Waals surface area contributed by atoms with E-state index in [4.69, 9.17) is 50.5 Å². The molecule has 0 bridgehead atoms. The summed E-state index contributed by atoms with van der Waals surface area (Å²) in [4.78, 5) is 92.7. The first-order chi connectivity index (χ1) is 39.6. The molecule has 1 saturated heterocycles. The summed E-state index contributed by atoms with van der Waals surface area (Å²) < 4.78 is 51.5. The van der Waals surface area contributed by atoms with Gasteiger partial charge in [-0.2, -0.15) is 0 Å². The number of ether oxygens (including phenoxy) is 7. The van der Waals surface area contributed by atoms with Gasteiger partial charge in [0.25, 0.3) is 0 Å². The fourth-order valence-electron chi connectivity index (χ4n) is 5.24. The van der Waals surface area contributed by atoms with Crippen LogP contribution in [0.1, 0.15) is 162 Å². The number of carbonyl (C=O) groups is 8. The molecule has 7 N–H and O–H groups in total. The maximum absolute atomic E-state index is 12.3. The number of carboxylic acid groups (broad SMARTS) is 2. The summed E-state index contributed by atoms with van der Waals surface area (Å²) in [5.41, 5.74) is 0.700. The number of carboxylic acids is 2. The smallest absolute Gasteiger partial charge is 0.410 e. The predicted octanol–water partition coefficient (Wildman–Crippen LogP) is 10.7. The highest BCUT2D eigenvalue weighted by molar-refractivity contribution is 5.86. The van der Waals surface area contributed by atoms with Crippen molar-refractivity contribution in [1.82, 2.24) is 20.9 Å². The largest absolute Gasteiger partial charge is 0.480 e. The highest BCUT2D eigenvalue weighted by Crippen LogP contribution is 2.20. The van der Waals surface area contributed by atoms with Crippen molar-refractivity contribution in [2.45, 2.75) is 209 Å². The van der Waals surface area contributed by atoms with Crippen LogP contribution in [0.4, 0.5) is 18.8 Å². The molecule has 4 rings (SSSR count). The van der Waals surface area contributed by atoms with Crippen LogP contribution in [0.2, 0.25) is 0 Å². The molecule has 0 aliphatic carbocycles. The monoisotopic (exact) mass is 1220 g/mol. The van der Waals surface area contributed by atoms with Crippen LogP contribution in [0, 0.1) is 0 Å². The van der Waals surface area contributed by atoms with Crippen LogP contribution < -0.4 is 21.7 Å². The second-order valence-electron chi connectivity index (χ2n) is 24.8. The fraction of sp³-hybridized carbons (Fsp3) is 0.587. The number of hydrogen-bond donors (Lipinski definition) is 6. The molecule has 488 valence electrons. The van der Waals surface area contributed by atoms with Crippen LogP contribution in [-0.2, 0) is 77.0 Å². The van der Waals surface area contributed by atoms with Gasteiger partial charge in [-0.15, -0.1) is 0 Å². The van der Waals surface area contributed by atoms with Gasteiger partial charge in [0, 0.05) is 20.3 Å². The van der Waals surface area contributed by atoms with Crippen molar-refractivity contribution in [2.75, 3.05) is 34.5 Å². The van der Waals surface area contributed by atoms with Gasteiger partial charge >= 0.3 is 48.1 Å². The summed E-state index contributed by atoms with van der Waals surface area (Å²) in [6, 6.07) is 28.4. The molecule has 1 heterocycles. The lowest BCUT2D eigenvalue weighted by Crippen LogP contribution is -2.52. The van der Waals surface area contributed by atoms with E-state index in [-0.39, 0.29) is 19.2 Å². The van der Waals surface area contributed by atoms with Gasteiger partial charge in [0.15, 0.2) is 0 Å². The van der Waals surface area contributed by atoms with Crippen LogP contribution in [0.15, 0.2) is 91.0 Å². The SMILES string of the molecule is C1CCOC1.CC(C)(C)OC(=O)NC(C)(C)C(=O)O.CC(C)(C)OC(=O)NC(C)(C)C(=O)OCc1ccccc1.CC(C)(N)C(=O)O.CN(C(=O)OC(C)(C)C)C(C)(C)C(=O)OCc1ccccc1.CNC(C)(C)C(=O)OCc1ccccc1.[2H]CF. The molecule has 1 fully saturated rings. The Kier molecular flexibility index (Phi) is 36.2. The second kappa shape index (κ2) is 38.6. The third kappa shape index (κ3) is 40.0. The highest BCUT2D eigenvalue weighted by Gasteiger charge is 2.39. The van der Waals surface area contributed by atoms with Gasteiger partial charge in [-0.1, -0.05) is 91.0 Å². The van der Waals surface area contributed by atoms with E-state index in [0.717, 1.165) is 29.9 Å². The standard InChI is InChI=1S/C17H25NO4.C16H23NO4.C12H17NO2.C9H17NO4.C4H9NO2.C4H8O.CH3F/c1-16(2,3)22-15(20)18(6)17(4,5)14(19)21-12-13-10-8-7-9-11-13;1-15(2,3)21-14(19)17-16(4,5)13(18)20-11-12-9-7-6-8-10-12;1-12(2,13-3)11(14)15-9-10-7-5-4-6-8-10;1-8(2,3)14-7(13)10-9(4,5)6(11)12;1-4(2,5)3(6)7;1-2-4-5-3-1;1-2/h7-11H,12H2,1-6H3;6-10H,11H2,1-5H3,(H,17,19);4-8,13H,9H2,1-3H3;1-5H3,(H,10,13)(H,11,12);5H2,1-2H3,(H,6,7);1-4H2;1H3/i;;;;;;1D. The fourth-order valence-corrected chi connectivity index (χ4v) is 5.24. The first-order valence-corrected chi connectivity index (χ1v) is 27.6. The summed E-state index contributed by atoms with van der Waals surface area (Å²) in [5.74, 6) is -3.33. The molecule has 0 unspecified atom stereocenters. The Morgan fingerprint density at radius 1 is 0.523 bits per heavy atom. The molecule has 0 aromatic heterocycles. The van der Waals surface area contributed by atoms with Crippen molar-refractivity contribution in [3.05, 3.63) is 108 Å². The molecule has 3 aromatic rings. The number of carbonyl (C=O) groups excluding carboxylic acids is 6. The number of nitrogens with two attached hydrogens (primary N) is 1. The number of halogens is 1. The van der Waals surface area contributed by atoms with Gasteiger partial charge in [0.05, 0.1) is 8.52 Å². The first kappa shape index (κ1) is 80.7. The van der Waals surface area contributed by atoms with Gasteiger partial charge in [-0.3, -0.25) is 18.9 Å². The van der Waals surface area contributed by atoms with Crippen LogP contribution in [0.5, 0.6) is 0 Å². The average Bonchev–Trinajstić information content (AvgIpc) is 3.90. The summed E-state index contributed by atoms with van der Waals surface area (Å²) >= 11 is 0. The highest BCUT2D eigenvalue weighted by atomic mass is 19.1. The molecule has 86 heavy (non-hydrogen) atoms. The number of benzene rings is 3. The summed E-state index contributed by atoms with van der Waals surface area (Å²) in [7, 11) is 2.27.